The van der Waals surface area contributed by atoms with Crippen LogP contribution in [0.3, 0.4) is 0 Å². The average molecular weight is 304 g/mol. The minimum absolute atomic E-state index is 0.282. The van der Waals surface area contributed by atoms with E-state index in [1.807, 2.05) is 0 Å². The van der Waals surface area contributed by atoms with Crippen molar-refractivity contribution in [2.75, 3.05) is 5.73 Å². The highest BCUT2D eigenvalue weighted by atomic mass is 35.5. The lowest BCUT2D eigenvalue weighted by atomic mass is 10.1. The first-order valence-electron chi connectivity index (χ1n) is 6.33. The summed E-state index contributed by atoms with van der Waals surface area (Å²) in [7, 11) is 0. The molecule has 0 fully saturated rings. The number of nitrogen functional groups attached to an aromatic ring is 1. The minimum Gasteiger partial charge on any atom is -0.451 e. The van der Waals surface area contributed by atoms with Gasteiger partial charge in [-0.2, -0.15) is 0 Å². The normalized spacial score (nSPS) is 11.7. The van der Waals surface area contributed by atoms with Gasteiger partial charge in [0, 0.05) is 16.3 Å². The molecule has 0 aliphatic heterocycles. The lowest BCUT2D eigenvalue weighted by Gasteiger charge is -2.12. The first-order chi connectivity index (χ1) is 9.97. The second-order valence-electron chi connectivity index (χ2n) is 4.54. The van der Waals surface area contributed by atoms with Crippen molar-refractivity contribution in [2.45, 2.75) is 13.0 Å². The van der Waals surface area contributed by atoms with Gasteiger partial charge in [-0.3, -0.25) is 4.79 Å². The second kappa shape index (κ2) is 6.41. The van der Waals surface area contributed by atoms with Gasteiger partial charge < -0.3 is 10.5 Å². The molecular formula is C16H14ClNO3. The number of hydrogen-bond acceptors (Lipinski definition) is 4. The zero-order valence-corrected chi connectivity index (χ0v) is 12.1. The molecule has 0 saturated heterocycles. The van der Waals surface area contributed by atoms with Gasteiger partial charge in [0.15, 0.2) is 6.10 Å². The summed E-state index contributed by atoms with van der Waals surface area (Å²) < 4.78 is 5.16. The van der Waals surface area contributed by atoms with Crippen LogP contribution in [0, 0.1) is 0 Å². The summed E-state index contributed by atoms with van der Waals surface area (Å²) in [6, 6.07) is 12.7. The Morgan fingerprint density at radius 1 is 1.00 bits per heavy atom. The van der Waals surface area contributed by atoms with Crippen LogP contribution in [0.1, 0.15) is 27.6 Å². The monoisotopic (exact) mass is 303 g/mol. The van der Waals surface area contributed by atoms with E-state index in [0.717, 1.165) is 0 Å². The Balaban J connectivity index is 2.05. The quantitative estimate of drug-likeness (QED) is 0.534. The van der Waals surface area contributed by atoms with Crippen molar-refractivity contribution in [3.8, 4) is 0 Å². The lowest BCUT2D eigenvalue weighted by molar-refractivity contribution is 0.0319. The Bertz CT molecular complexity index is 650. The summed E-state index contributed by atoms with van der Waals surface area (Å²) in [6.07, 6.45) is -0.878. The van der Waals surface area contributed by atoms with Gasteiger partial charge in [-0.25, -0.2) is 4.79 Å². The highest BCUT2D eigenvalue weighted by Crippen LogP contribution is 2.14. The standard InChI is InChI=1S/C16H14ClNO3/c1-10(15(19)11-2-6-13(17)7-3-11)21-16(20)12-4-8-14(18)9-5-12/h2-10H,18H2,1H3/t10-/m0/s1. The maximum absolute atomic E-state index is 12.1. The van der Waals surface area contributed by atoms with Crippen LogP contribution in [0.5, 0.6) is 0 Å². The van der Waals surface area contributed by atoms with Crippen LogP contribution < -0.4 is 5.73 Å². The number of rotatable bonds is 4. The highest BCUT2D eigenvalue weighted by molar-refractivity contribution is 6.30. The number of carbonyl (C=O) groups is 2. The third-order valence-electron chi connectivity index (χ3n) is 2.93. The highest BCUT2D eigenvalue weighted by Gasteiger charge is 2.20. The van der Waals surface area contributed by atoms with E-state index in [4.69, 9.17) is 22.1 Å². The maximum Gasteiger partial charge on any atom is 0.338 e. The fraction of sp³-hybridized carbons (Fsp3) is 0.125. The number of anilines is 1. The number of ketones is 1. The molecule has 21 heavy (non-hydrogen) atoms. The molecule has 0 spiro atoms. The molecule has 0 unspecified atom stereocenters. The van der Waals surface area contributed by atoms with Crippen LogP contribution in [0.15, 0.2) is 48.5 Å². The summed E-state index contributed by atoms with van der Waals surface area (Å²) >= 11 is 5.77. The van der Waals surface area contributed by atoms with E-state index in [9.17, 15) is 9.59 Å². The van der Waals surface area contributed by atoms with Gasteiger partial charge in [0.1, 0.15) is 0 Å². The number of ether oxygens (including phenoxy) is 1. The van der Waals surface area contributed by atoms with Crippen LogP contribution in [-0.4, -0.2) is 17.9 Å². The number of nitrogens with two attached hydrogens (primary N) is 1. The smallest absolute Gasteiger partial charge is 0.338 e. The summed E-state index contributed by atoms with van der Waals surface area (Å²) in [5.74, 6) is -0.847. The SMILES string of the molecule is C[C@H](OC(=O)c1ccc(N)cc1)C(=O)c1ccc(Cl)cc1. The van der Waals surface area contributed by atoms with Crippen molar-refractivity contribution in [3.63, 3.8) is 0 Å². The molecule has 2 rings (SSSR count). The number of esters is 1. The molecule has 0 aliphatic rings. The molecule has 0 heterocycles. The number of Topliss-reactive ketones (excluding diaryl/α,β-unsaturated/α-hetero) is 1. The van der Waals surface area contributed by atoms with Gasteiger partial charge in [-0.15, -0.1) is 0 Å². The van der Waals surface area contributed by atoms with E-state index in [2.05, 4.69) is 0 Å². The topological polar surface area (TPSA) is 69.4 Å². The lowest BCUT2D eigenvalue weighted by Crippen LogP contribution is -2.24. The summed E-state index contributed by atoms with van der Waals surface area (Å²) in [5, 5.41) is 0.540. The first kappa shape index (κ1) is 15.1. The van der Waals surface area contributed by atoms with Crippen LogP contribution in [-0.2, 0) is 4.74 Å². The molecule has 0 radical (unpaired) electrons. The molecule has 0 saturated carbocycles. The Labute approximate surface area is 127 Å². The minimum atomic E-state index is -0.878. The fourth-order valence-electron chi connectivity index (χ4n) is 1.75. The Hall–Kier alpha value is -2.33. The van der Waals surface area contributed by atoms with Gasteiger partial charge in [0.2, 0.25) is 5.78 Å². The number of carbonyl (C=O) groups excluding carboxylic acids is 2. The van der Waals surface area contributed by atoms with E-state index in [1.165, 1.54) is 6.92 Å². The zero-order chi connectivity index (χ0) is 15.4. The van der Waals surface area contributed by atoms with E-state index >= 15 is 0 Å². The third kappa shape index (κ3) is 3.83. The van der Waals surface area contributed by atoms with E-state index in [1.54, 1.807) is 48.5 Å². The van der Waals surface area contributed by atoms with E-state index in [0.29, 0.717) is 21.8 Å². The van der Waals surface area contributed by atoms with Gasteiger partial charge in [-0.05, 0) is 55.5 Å². The Morgan fingerprint density at radius 2 is 1.52 bits per heavy atom. The van der Waals surface area contributed by atoms with Gasteiger partial charge in [0.25, 0.3) is 0 Å². The van der Waals surface area contributed by atoms with Crippen LogP contribution in [0.4, 0.5) is 5.69 Å². The van der Waals surface area contributed by atoms with Crippen molar-refractivity contribution >= 4 is 29.0 Å². The zero-order valence-electron chi connectivity index (χ0n) is 11.4. The molecule has 2 aromatic rings. The third-order valence-corrected chi connectivity index (χ3v) is 3.18. The molecule has 0 amide bonds. The van der Waals surface area contributed by atoms with Crippen LogP contribution in [0.25, 0.3) is 0 Å². The van der Waals surface area contributed by atoms with Crippen molar-refractivity contribution in [1.29, 1.82) is 0 Å². The predicted molar refractivity (Wildman–Crippen MR) is 81.5 cm³/mol. The number of halogens is 1. The predicted octanol–water partition coefficient (Wildman–Crippen LogP) is 3.35. The molecule has 5 heteroatoms. The van der Waals surface area contributed by atoms with Gasteiger partial charge in [-0.1, -0.05) is 11.6 Å². The molecule has 2 aromatic carbocycles. The molecule has 0 aliphatic carbocycles. The van der Waals surface area contributed by atoms with Gasteiger partial charge >= 0.3 is 5.97 Å². The maximum atomic E-state index is 12.1. The van der Waals surface area contributed by atoms with Crippen molar-refractivity contribution in [2.24, 2.45) is 0 Å². The number of benzene rings is 2. The summed E-state index contributed by atoms with van der Waals surface area (Å²) in [4.78, 5) is 24.1. The van der Waals surface area contributed by atoms with E-state index in [-0.39, 0.29) is 5.78 Å². The molecule has 1 atom stereocenters. The number of hydrogen-bond donors (Lipinski definition) is 1. The molecule has 0 bridgehead atoms. The molecular weight excluding hydrogens is 290 g/mol. The van der Waals surface area contributed by atoms with E-state index < -0.39 is 12.1 Å². The molecule has 2 N–H and O–H groups in total. The van der Waals surface area contributed by atoms with Crippen molar-refractivity contribution < 1.29 is 14.3 Å². The Kier molecular flexibility index (Phi) is 4.60. The van der Waals surface area contributed by atoms with Crippen molar-refractivity contribution in [1.82, 2.24) is 0 Å². The average Bonchev–Trinajstić information content (AvgIpc) is 2.47. The fourth-order valence-corrected chi connectivity index (χ4v) is 1.88. The largest absolute Gasteiger partial charge is 0.451 e. The first-order valence-corrected chi connectivity index (χ1v) is 6.71. The van der Waals surface area contributed by atoms with Crippen LogP contribution >= 0.6 is 11.6 Å². The van der Waals surface area contributed by atoms with Crippen molar-refractivity contribution in [3.05, 3.63) is 64.7 Å². The molecule has 4 nitrogen and oxygen atoms in total. The summed E-state index contributed by atoms with van der Waals surface area (Å²) in [6.45, 7) is 1.53. The summed E-state index contributed by atoms with van der Waals surface area (Å²) in [5.41, 5.74) is 6.89. The van der Waals surface area contributed by atoms with Crippen LogP contribution in [0.2, 0.25) is 5.02 Å². The second-order valence-corrected chi connectivity index (χ2v) is 4.98. The molecule has 108 valence electrons. The van der Waals surface area contributed by atoms with Gasteiger partial charge in [0.05, 0.1) is 5.56 Å². The Morgan fingerprint density at radius 3 is 2.10 bits per heavy atom. The molecule has 0 aromatic heterocycles.